The summed E-state index contributed by atoms with van der Waals surface area (Å²) in [7, 11) is 1.72. The van der Waals surface area contributed by atoms with E-state index in [1.165, 1.54) is 5.56 Å². The third-order valence-electron chi connectivity index (χ3n) is 2.16. The zero-order valence-electron chi connectivity index (χ0n) is 9.03. The lowest BCUT2D eigenvalue weighted by Gasteiger charge is -2.19. The number of aromatic nitrogens is 1. The maximum absolute atomic E-state index is 5.07. The van der Waals surface area contributed by atoms with Gasteiger partial charge in [-0.3, -0.25) is 4.98 Å². The van der Waals surface area contributed by atoms with Gasteiger partial charge in [0.25, 0.3) is 0 Å². The first-order chi connectivity index (χ1) is 6.74. The molecule has 3 heteroatoms. The second-order valence-corrected chi connectivity index (χ2v) is 3.53. The average Bonchev–Trinajstić information content (AvgIpc) is 2.19. The number of nitrogens with one attached hydrogen (secondary N) is 1. The van der Waals surface area contributed by atoms with Gasteiger partial charge in [-0.05, 0) is 31.5 Å². The van der Waals surface area contributed by atoms with Gasteiger partial charge in [0.1, 0.15) is 0 Å². The zero-order chi connectivity index (χ0) is 10.4. The number of rotatable bonds is 5. The predicted octanol–water partition coefficient (Wildman–Crippen LogP) is 1.77. The third kappa shape index (κ3) is 3.44. The maximum atomic E-state index is 5.07. The van der Waals surface area contributed by atoms with Crippen LogP contribution < -0.4 is 5.32 Å². The third-order valence-corrected chi connectivity index (χ3v) is 2.16. The molecule has 78 valence electrons. The molecule has 0 spiro atoms. The lowest BCUT2D eigenvalue weighted by molar-refractivity contribution is 0.167. The fraction of sp³-hybridized carbons (Fsp3) is 0.545. The summed E-state index contributed by atoms with van der Waals surface area (Å²) in [6, 6.07) is 4.75. The Bertz CT molecular complexity index is 251. The molecule has 0 bridgehead atoms. The minimum atomic E-state index is 0.336. The molecule has 1 heterocycles. The molecular weight excluding hydrogens is 176 g/mol. The number of hydrogen-bond acceptors (Lipinski definition) is 3. The summed E-state index contributed by atoms with van der Waals surface area (Å²) >= 11 is 0. The summed E-state index contributed by atoms with van der Waals surface area (Å²) in [5, 5.41) is 3.44. The summed E-state index contributed by atoms with van der Waals surface area (Å²) in [5.41, 5.74) is 1.25. The molecule has 0 aliphatic rings. The van der Waals surface area contributed by atoms with Gasteiger partial charge in [-0.2, -0.15) is 0 Å². The first kappa shape index (κ1) is 11.1. The largest absolute Gasteiger partial charge is 0.383 e. The predicted molar refractivity (Wildman–Crippen MR) is 57.1 cm³/mol. The van der Waals surface area contributed by atoms with E-state index in [0.29, 0.717) is 12.1 Å². The first-order valence-corrected chi connectivity index (χ1v) is 4.89. The molecule has 3 nitrogen and oxygen atoms in total. The van der Waals surface area contributed by atoms with Crippen molar-refractivity contribution in [1.82, 2.24) is 10.3 Å². The fourth-order valence-corrected chi connectivity index (χ4v) is 1.47. The van der Waals surface area contributed by atoms with Gasteiger partial charge in [-0.15, -0.1) is 0 Å². The van der Waals surface area contributed by atoms with Crippen LogP contribution in [0.4, 0.5) is 0 Å². The van der Waals surface area contributed by atoms with Gasteiger partial charge in [0, 0.05) is 31.6 Å². The summed E-state index contributed by atoms with van der Waals surface area (Å²) in [4.78, 5) is 3.99. The van der Waals surface area contributed by atoms with E-state index in [4.69, 9.17) is 4.74 Å². The Kier molecular flexibility index (Phi) is 4.56. The quantitative estimate of drug-likeness (QED) is 0.775. The van der Waals surface area contributed by atoms with Crippen LogP contribution in [0.25, 0.3) is 0 Å². The van der Waals surface area contributed by atoms with Gasteiger partial charge in [-0.25, -0.2) is 0 Å². The zero-order valence-corrected chi connectivity index (χ0v) is 9.03. The molecule has 1 N–H and O–H groups in total. The molecule has 0 amide bonds. The van der Waals surface area contributed by atoms with Crippen molar-refractivity contribution in [3.05, 3.63) is 30.1 Å². The first-order valence-electron chi connectivity index (χ1n) is 4.89. The van der Waals surface area contributed by atoms with Crippen molar-refractivity contribution in [2.24, 2.45) is 0 Å². The molecule has 0 aliphatic carbocycles. The molecule has 0 saturated heterocycles. The van der Waals surface area contributed by atoms with Gasteiger partial charge in [0.05, 0.1) is 6.61 Å². The van der Waals surface area contributed by atoms with Crippen LogP contribution in [0.5, 0.6) is 0 Å². The maximum Gasteiger partial charge on any atom is 0.0613 e. The van der Waals surface area contributed by atoms with Crippen LogP contribution in [-0.4, -0.2) is 24.7 Å². The second-order valence-electron chi connectivity index (χ2n) is 3.53. The molecule has 0 fully saturated rings. The standard InChI is InChI=1S/C11H18N2O/c1-9(8-14-3)13-10(2)11-4-6-12-7-5-11/h4-7,9-10,13H,8H2,1-3H3/t9-,10+/m0/s1. The van der Waals surface area contributed by atoms with Gasteiger partial charge in [0.2, 0.25) is 0 Å². The molecule has 1 rings (SSSR count). The molecule has 0 radical (unpaired) electrons. The Morgan fingerprint density at radius 1 is 1.36 bits per heavy atom. The normalized spacial score (nSPS) is 15.1. The Labute approximate surface area is 85.5 Å². The van der Waals surface area contributed by atoms with Crippen LogP contribution in [0, 0.1) is 0 Å². The highest BCUT2D eigenvalue weighted by Crippen LogP contribution is 2.10. The average molecular weight is 194 g/mol. The Morgan fingerprint density at radius 2 is 2.00 bits per heavy atom. The van der Waals surface area contributed by atoms with Crippen LogP contribution in [0.1, 0.15) is 25.5 Å². The lowest BCUT2D eigenvalue weighted by atomic mass is 10.1. The number of nitrogens with zero attached hydrogens (tertiary/aromatic N) is 1. The number of hydrogen-bond donors (Lipinski definition) is 1. The minimum absolute atomic E-state index is 0.336. The van der Waals surface area contributed by atoms with Crippen LogP contribution in [0.15, 0.2) is 24.5 Å². The van der Waals surface area contributed by atoms with Gasteiger partial charge in [0.15, 0.2) is 0 Å². The van der Waals surface area contributed by atoms with Crippen LogP contribution >= 0.6 is 0 Å². The smallest absolute Gasteiger partial charge is 0.0613 e. The molecule has 14 heavy (non-hydrogen) atoms. The van der Waals surface area contributed by atoms with E-state index in [-0.39, 0.29) is 0 Å². The molecule has 0 unspecified atom stereocenters. The Morgan fingerprint density at radius 3 is 2.57 bits per heavy atom. The van der Waals surface area contributed by atoms with Crippen molar-refractivity contribution < 1.29 is 4.74 Å². The molecular formula is C11H18N2O. The minimum Gasteiger partial charge on any atom is -0.383 e. The van der Waals surface area contributed by atoms with Gasteiger partial charge >= 0.3 is 0 Å². The lowest BCUT2D eigenvalue weighted by Crippen LogP contribution is -2.32. The van der Waals surface area contributed by atoms with Crippen LogP contribution in [0.2, 0.25) is 0 Å². The van der Waals surface area contributed by atoms with Gasteiger partial charge < -0.3 is 10.1 Å². The molecule has 0 aromatic carbocycles. The molecule has 1 aromatic rings. The molecule has 1 aromatic heterocycles. The topological polar surface area (TPSA) is 34.1 Å². The van der Waals surface area contributed by atoms with Crippen molar-refractivity contribution in [3.63, 3.8) is 0 Å². The van der Waals surface area contributed by atoms with E-state index >= 15 is 0 Å². The van der Waals surface area contributed by atoms with Gasteiger partial charge in [-0.1, -0.05) is 0 Å². The molecule has 0 aliphatic heterocycles. The van der Waals surface area contributed by atoms with E-state index in [0.717, 1.165) is 6.61 Å². The number of ether oxygens (including phenoxy) is 1. The summed E-state index contributed by atoms with van der Waals surface area (Å²) in [6.07, 6.45) is 3.63. The highest BCUT2D eigenvalue weighted by molar-refractivity contribution is 5.14. The van der Waals surface area contributed by atoms with E-state index in [1.807, 2.05) is 24.5 Å². The van der Waals surface area contributed by atoms with Crippen molar-refractivity contribution >= 4 is 0 Å². The van der Waals surface area contributed by atoms with Crippen molar-refractivity contribution in [2.75, 3.05) is 13.7 Å². The monoisotopic (exact) mass is 194 g/mol. The highest BCUT2D eigenvalue weighted by atomic mass is 16.5. The van der Waals surface area contributed by atoms with Crippen LogP contribution in [0.3, 0.4) is 0 Å². The van der Waals surface area contributed by atoms with Crippen molar-refractivity contribution in [3.8, 4) is 0 Å². The van der Waals surface area contributed by atoms with E-state index in [1.54, 1.807) is 7.11 Å². The van der Waals surface area contributed by atoms with Crippen molar-refractivity contribution in [2.45, 2.75) is 25.9 Å². The molecule has 2 atom stereocenters. The van der Waals surface area contributed by atoms with E-state index in [9.17, 15) is 0 Å². The van der Waals surface area contributed by atoms with Crippen molar-refractivity contribution in [1.29, 1.82) is 0 Å². The number of methoxy groups -OCH3 is 1. The SMILES string of the molecule is COC[C@H](C)N[C@H](C)c1ccncc1. The summed E-state index contributed by atoms with van der Waals surface area (Å²) in [6.45, 7) is 4.98. The Hall–Kier alpha value is -0.930. The molecule has 0 saturated carbocycles. The second kappa shape index (κ2) is 5.73. The van der Waals surface area contributed by atoms with E-state index < -0.39 is 0 Å². The fourth-order valence-electron chi connectivity index (χ4n) is 1.47. The summed E-state index contributed by atoms with van der Waals surface area (Å²) < 4.78 is 5.07. The Balaban J connectivity index is 2.46. The van der Waals surface area contributed by atoms with E-state index in [2.05, 4.69) is 24.1 Å². The number of pyridine rings is 1. The summed E-state index contributed by atoms with van der Waals surface area (Å²) in [5.74, 6) is 0. The van der Waals surface area contributed by atoms with Crippen LogP contribution in [-0.2, 0) is 4.74 Å². The highest BCUT2D eigenvalue weighted by Gasteiger charge is 2.08.